The van der Waals surface area contributed by atoms with E-state index in [2.05, 4.69) is 5.32 Å². The summed E-state index contributed by atoms with van der Waals surface area (Å²) in [6.07, 6.45) is 2.59. The highest BCUT2D eigenvalue weighted by Crippen LogP contribution is 2.23. The fourth-order valence-corrected chi connectivity index (χ4v) is 2.44. The van der Waals surface area contributed by atoms with Gasteiger partial charge in [0.2, 0.25) is 5.91 Å². The van der Waals surface area contributed by atoms with E-state index in [9.17, 15) is 4.79 Å². The topological polar surface area (TPSA) is 64.3 Å². The summed E-state index contributed by atoms with van der Waals surface area (Å²) in [5, 5.41) is 3.04. The molecule has 1 saturated carbocycles. The maximum Gasteiger partial charge on any atom is 0.224 e. The summed E-state index contributed by atoms with van der Waals surface area (Å²) < 4.78 is 5.48. The second kappa shape index (κ2) is 6.68. The maximum atomic E-state index is 12.0. The number of carbonyl (C=O) groups excluding carboxylic acids is 1. The summed E-state index contributed by atoms with van der Waals surface area (Å²) in [5.74, 6) is 0.0702. The third kappa shape index (κ3) is 3.78. The van der Waals surface area contributed by atoms with Crippen LogP contribution in [0.3, 0.4) is 0 Å². The molecule has 4 heteroatoms. The van der Waals surface area contributed by atoms with Gasteiger partial charge in [0.15, 0.2) is 0 Å². The van der Waals surface area contributed by atoms with Crippen LogP contribution in [0.2, 0.25) is 0 Å². The van der Waals surface area contributed by atoms with Crippen LogP contribution in [0.5, 0.6) is 0 Å². The van der Waals surface area contributed by atoms with Gasteiger partial charge in [-0.3, -0.25) is 4.79 Å². The summed E-state index contributed by atoms with van der Waals surface area (Å²) in [6, 6.07) is 8.09. The normalized spacial score (nSPS) is 21.8. The summed E-state index contributed by atoms with van der Waals surface area (Å²) in [5.41, 5.74) is 7.73. The smallest absolute Gasteiger partial charge is 0.224 e. The summed E-state index contributed by atoms with van der Waals surface area (Å²) in [4.78, 5) is 12.0. The lowest BCUT2D eigenvalue weighted by Gasteiger charge is -2.35. The monoisotopic (exact) mass is 262 g/mol. The second-order valence-corrected chi connectivity index (χ2v) is 4.96. The number of nitrogens with one attached hydrogen (secondary N) is 1. The highest BCUT2D eigenvalue weighted by molar-refractivity contribution is 5.79. The molecule has 0 saturated heterocycles. The maximum absolute atomic E-state index is 12.0. The molecule has 0 atom stereocenters. The van der Waals surface area contributed by atoms with Gasteiger partial charge in [0.25, 0.3) is 0 Å². The molecular weight excluding hydrogens is 240 g/mol. The van der Waals surface area contributed by atoms with E-state index in [1.807, 2.05) is 31.2 Å². The fraction of sp³-hybridized carbons (Fsp3) is 0.533. The Hall–Kier alpha value is -1.39. The molecule has 19 heavy (non-hydrogen) atoms. The largest absolute Gasteiger partial charge is 0.378 e. The molecular formula is C15H22N2O2. The van der Waals surface area contributed by atoms with E-state index in [1.54, 1.807) is 0 Å². The van der Waals surface area contributed by atoms with Crippen molar-refractivity contribution in [1.82, 2.24) is 5.32 Å². The Morgan fingerprint density at radius 1 is 1.37 bits per heavy atom. The molecule has 1 aliphatic carbocycles. The van der Waals surface area contributed by atoms with Crippen molar-refractivity contribution >= 4 is 5.91 Å². The van der Waals surface area contributed by atoms with Gasteiger partial charge in [0.05, 0.1) is 12.5 Å². The standard InChI is InChI=1S/C15H22N2O2/c1-2-19-14-8-13(9-14)17-15(18)7-11-5-3-4-6-12(11)10-16/h3-6,13-14H,2,7-10,16H2,1H3,(H,17,18). The SMILES string of the molecule is CCOC1CC(NC(=O)Cc2ccccc2CN)C1. The average Bonchev–Trinajstić information content (AvgIpc) is 2.37. The van der Waals surface area contributed by atoms with E-state index >= 15 is 0 Å². The Bertz CT molecular complexity index is 428. The number of carbonyl (C=O) groups is 1. The number of rotatable bonds is 6. The van der Waals surface area contributed by atoms with Gasteiger partial charge in [0, 0.05) is 19.2 Å². The van der Waals surface area contributed by atoms with Crippen molar-refractivity contribution in [3.63, 3.8) is 0 Å². The van der Waals surface area contributed by atoms with Crippen LogP contribution in [0, 0.1) is 0 Å². The second-order valence-electron chi connectivity index (χ2n) is 4.96. The van der Waals surface area contributed by atoms with Crippen LogP contribution >= 0.6 is 0 Å². The van der Waals surface area contributed by atoms with Crippen molar-refractivity contribution in [1.29, 1.82) is 0 Å². The predicted octanol–water partition coefficient (Wildman–Crippen LogP) is 1.37. The highest BCUT2D eigenvalue weighted by atomic mass is 16.5. The molecule has 1 amide bonds. The number of ether oxygens (including phenoxy) is 1. The average molecular weight is 262 g/mol. The van der Waals surface area contributed by atoms with Crippen molar-refractivity contribution in [2.75, 3.05) is 6.61 Å². The van der Waals surface area contributed by atoms with E-state index < -0.39 is 0 Å². The quantitative estimate of drug-likeness (QED) is 0.814. The first-order valence-corrected chi connectivity index (χ1v) is 6.90. The molecule has 1 aromatic rings. The van der Waals surface area contributed by atoms with Crippen LogP contribution < -0.4 is 11.1 Å². The van der Waals surface area contributed by atoms with Crippen LogP contribution in [-0.4, -0.2) is 24.7 Å². The molecule has 3 N–H and O–H groups in total. The molecule has 0 unspecified atom stereocenters. The van der Waals surface area contributed by atoms with Gasteiger partial charge < -0.3 is 15.8 Å². The van der Waals surface area contributed by atoms with Crippen molar-refractivity contribution in [2.24, 2.45) is 5.73 Å². The zero-order valence-corrected chi connectivity index (χ0v) is 11.4. The highest BCUT2D eigenvalue weighted by Gasteiger charge is 2.30. The number of hydrogen-bond donors (Lipinski definition) is 2. The lowest BCUT2D eigenvalue weighted by atomic mass is 9.89. The molecule has 1 fully saturated rings. The minimum atomic E-state index is 0.0702. The first kappa shape index (κ1) is 14.0. The first-order valence-electron chi connectivity index (χ1n) is 6.90. The lowest BCUT2D eigenvalue weighted by molar-refractivity contribution is -0.123. The van der Waals surface area contributed by atoms with Crippen LogP contribution in [-0.2, 0) is 22.5 Å². The molecule has 104 valence electrons. The number of hydrogen-bond acceptors (Lipinski definition) is 3. The summed E-state index contributed by atoms with van der Waals surface area (Å²) in [7, 11) is 0. The molecule has 1 aliphatic rings. The van der Waals surface area contributed by atoms with Gasteiger partial charge in [-0.1, -0.05) is 24.3 Å². The molecule has 0 heterocycles. The van der Waals surface area contributed by atoms with E-state index in [0.29, 0.717) is 19.1 Å². The van der Waals surface area contributed by atoms with Gasteiger partial charge in [0.1, 0.15) is 0 Å². The van der Waals surface area contributed by atoms with E-state index in [-0.39, 0.29) is 11.9 Å². The summed E-state index contributed by atoms with van der Waals surface area (Å²) in [6.45, 7) is 3.21. The van der Waals surface area contributed by atoms with Crippen LogP contribution in [0.1, 0.15) is 30.9 Å². The minimum Gasteiger partial charge on any atom is -0.378 e. The van der Waals surface area contributed by atoms with Crippen molar-refractivity contribution in [3.05, 3.63) is 35.4 Å². The summed E-state index contributed by atoms with van der Waals surface area (Å²) >= 11 is 0. The van der Waals surface area contributed by atoms with Crippen LogP contribution in [0.15, 0.2) is 24.3 Å². The molecule has 0 bridgehead atoms. The molecule has 0 aromatic heterocycles. The number of benzene rings is 1. The zero-order chi connectivity index (χ0) is 13.7. The Kier molecular flexibility index (Phi) is 4.93. The number of amides is 1. The third-order valence-electron chi connectivity index (χ3n) is 3.55. The van der Waals surface area contributed by atoms with Crippen molar-refractivity contribution < 1.29 is 9.53 Å². The molecule has 1 aromatic carbocycles. The molecule has 2 rings (SSSR count). The molecule has 0 spiro atoms. The number of nitrogens with two attached hydrogens (primary N) is 1. The predicted molar refractivity (Wildman–Crippen MR) is 74.6 cm³/mol. The van der Waals surface area contributed by atoms with E-state index in [0.717, 1.165) is 30.6 Å². The van der Waals surface area contributed by atoms with Crippen molar-refractivity contribution in [3.8, 4) is 0 Å². The van der Waals surface area contributed by atoms with Gasteiger partial charge in [-0.2, -0.15) is 0 Å². The Labute approximate surface area is 114 Å². The first-order chi connectivity index (χ1) is 9.22. The fourth-order valence-electron chi connectivity index (χ4n) is 2.44. The van der Waals surface area contributed by atoms with Crippen LogP contribution in [0.4, 0.5) is 0 Å². The minimum absolute atomic E-state index is 0.0702. The van der Waals surface area contributed by atoms with Gasteiger partial charge in [-0.15, -0.1) is 0 Å². The Morgan fingerprint density at radius 3 is 2.68 bits per heavy atom. The molecule has 4 nitrogen and oxygen atoms in total. The zero-order valence-electron chi connectivity index (χ0n) is 11.4. The third-order valence-corrected chi connectivity index (χ3v) is 3.55. The van der Waals surface area contributed by atoms with Crippen molar-refractivity contribution in [2.45, 2.75) is 44.9 Å². The Morgan fingerprint density at radius 2 is 2.05 bits per heavy atom. The Balaban J connectivity index is 1.79. The van der Waals surface area contributed by atoms with Crippen LogP contribution in [0.25, 0.3) is 0 Å². The van der Waals surface area contributed by atoms with Gasteiger partial charge in [-0.05, 0) is 30.9 Å². The lowest BCUT2D eigenvalue weighted by Crippen LogP contribution is -2.48. The van der Waals surface area contributed by atoms with E-state index in [1.165, 1.54) is 0 Å². The van der Waals surface area contributed by atoms with Gasteiger partial charge in [-0.25, -0.2) is 0 Å². The van der Waals surface area contributed by atoms with E-state index in [4.69, 9.17) is 10.5 Å². The van der Waals surface area contributed by atoms with Gasteiger partial charge >= 0.3 is 0 Å². The molecule has 0 aliphatic heterocycles. The molecule has 0 radical (unpaired) electrons.